The maximum absolute atomic E-state index is 11.3. The third-order valence-corrected chi connectivity index (χ3v) is 6.72. The molecule has 0 bridgehead atoms. The second-order valence-corrected chi connectivity index (χ2v) is 9.24. The number of aromatic nitrogens is 4. The Balaban J connectivity index is 1.40. The molecule has 6 rings (SSSR count). The molecule has 0 atom stereocenters. The molecule has 0 aliphatic carbocycles. The molecular formula is C26H23N7OS. The quantitative estimate of drug-likeness (QED) is 0.361. The van der Waals surface area contributed by atoms with E-state index in [-0.39, 0.29) is 5.91 Å². The van der Waals surface area contributed by atoms with E-state index >= 15 is 0 Å². The number of hydrogen-bond donors (Lipinski definition) is 2. The highest BCUT2D eigenvalue weighted by atomic mass is 32.1. The number of anilines is 4. The van der Waals surface area contributed by atoms with E-state index in [2.05, 4.69) is 56.2 Å². The summed E-state index contributed by atoms with van der Waals surface area (Å²) in [5, 5.41) is 10.3. The van der Waals surface area contributed by atoms with Crippen molar-refractivity contribution < 1.29 is 4.79 Å². The summed E-state index contributed by atoms with van der Waals surface area (Å²) in [5.41, 5.74) is 6.75. The number of nitrogens with zero attached hydrogens (tertiary/aromatic N) is 5. The fourth-order valence-electron chi connectivity index (χ4n) is 4.34. The average molecular weight is 482 g/mol. The Morgan fingerprint density at radius 3 is 2.57 bits per heavy atom. The van der Waals surface area contributed by atoms with Crippen LogP contribution in [0.1, 0.15) is 18.1 Å². The predicted molar refractivity (Wildman–Crippen MR) is 140 cm³/mol. The maximum Gasteiger partial charge on any atom is 0.229 e. The lowest BCUT2D eigenvalue weighted by Gasteiger charge is -2.29. The van der Waals surface area contributed by atoms with Gasteiger partial charge < -0.3 is 15.5 Å². The molecule has 2 N–H and O–H groups in total. The molecule has 5 aromatic rings. The lowest BCUT2D eigenvalue weighted by atomic mass is 10.0. The summed E-state index contributed by atoms with van der Waals surface area (Å²) in [7, 11) is 0. The Bertz CT molecular complexity index is 1510. The van der Waals surface area contributed by atoms with Crippen LogP contribution in [0, 0.1) is 0 Å². The normalized spacial score (nSPS) is 13.0. The first-order valence-corrected chi connectivity index (χ1v) is 12.3. The summed E-state index contributed by atoms with van der Waals surface area (Å²) in [6.07, 6.45) is 2.75. The van der Waals surface area contributed by atoms with Gasteiger partial charge in [-0.3, -0.25) is 9.36 Å². The Hall–Kier alpha value is -4.24. The fourth-order valence-corrected chi connectivity index (χ4v) is 4.97. The highest BCUT2D eigenvalue weighted by molar-refractivity contribution is 7.08. The lowest BCUT2D eigenvalue weighted by molar-refractivity contribution is -0.114. The lowest BCUT2D eigenvalue weighted by Crippen LogP contribution is -2.32. The van der Waals surface area contributed by atoms with Gasteiger partial charge in [-0.25, -0.2) is 4.98 Å². The van der Waals surface area contributed by atoms with Crippen LogP contribution in [0.3, 0.4) is 0 Å². The van der Waals surface area contributed by atoms with E-state index in [1.807, 2.05) is 34.2 Å². The number of fused-ring (bicyclic) bond motifs is 2. The molecule has 8 nitrogen and oxygen atoms in total. The van der Waals surface area contributed by atoms with Gasteiger partial charge in [-0.2, -0.15) is 21.3 Å². The Morgan fingerprint density at radius 1 is 1.00 bits per heavy atom. The zero-order chi connectivity index (χ0) is 23.8. The zero-order valence-corrected chi connectivity index (χ0v) is 19.9. The van der Waals surface area contributed by atoms with Gasteiger partial charge in [0.1, 0.15) is 6.33 Å². The van der Waals surface area contributed by atoms with Gasteiger partial charge in [0.2, 0.25) is 11.9 Å². The van der Waals surface area contributed by atoms with Crippen molar-refractivity contribution in [3.05, 3.63) is 82.8 Å². The van der Waals surface area contributed by atoms with Gasteiger partial charge in [0.05, 0.1) is 5.69 Å². The van der Waals surface area contributed by atoms with Gasteiger partial charge >= 0.3 is 0 Å². The van der Waals surface area contributed by atoms with E-state index in [0.29, 0.717) is 17.3 Å². The van der Waals surface area contributed by atoms with Crippen molar-refractivity contribution in [2.75, 3.05) is 22.1 Å². The minimum atomic E-state index is -0.102. The van der Waals surface area contributed by atoms with E-state index in [1.54, 1.807) is 17.7 Å². The molecule has 2 aromatic carbocycles. The summed E-state index contributed by atoms with van der Waals surface area (Å²) in [6.45, 7) is 3.10. The molecule has 35 heavy (non-hydrogen) atoms. The van der Waals surface area contributed by atoms with Gasteiger partial charge in [0.15, 0.2) is 17.0 Å². The average Bonchev–Trinajstić information content (AvgIpc) is 3.54. The van der Waals surface area contributed by atoms with Crippen LogP contribution in [-0.2, 0) is 17.8 Å². The van der Waals surface area contributed by atoms with E-state index in [0.717, 1.165) is 42.2 Å². The molecule has 0 saturated carbocycles. The van der Waals surface area contributed by atoms with Crippen molar-refractivity contribution in [2.45, 2.75) is 19.9 Å². The summed E-state index contributed by atoms with van der Waals surface area (Å²) in [4.78, 5) is 28.1. The summed E-state index contributed by atoms with van der Waals surface area (Å²) >= 11 is 1.64. The number of amides is 1. The maximum atomic E-state index is 11.3. The predicted octanol–water partition coefficient (Wildman–Crippen LogP) is 5.14. The van der Waals surface area contributed by atoms with E-state index in [1.165, 1.54) is 18.1 Å². The van der Waals surface area contributed by atoms with Gasteiger partial charge in [0.25, 0.3) is 0 Å². The van der Waals surface area contributed by atoms with Crippen molar-refractivity contribution in [3.8, 4) is 5.69 Å². The molecule has 0 spiro atoms. The van der Waals surface area contributed by atoms with Crippen molar-refractivity contribution >= 4 is 51.5 Å². The highest BCUT2D eigenvalue weighted by Crippen LogP contribution is 2.30. The third kappa shape index (κ3) is 4.22. The molecule has 0 radical (unpaired) electrons. The number of carbonyl (C=O) groups excluding carboxylic acids is 1. The van der Waals surface area contributed by atoms with Crippen molar-refractivity contribution in [2.24, 2.45) is 0 Å². The van der Waals surface area contributed by atoms with Crippen LogP contribution in [0.5, 0.6) is 0 Å². The first kappa shape index (κ1) is 21.3. The van der Waals surface area contributed by atoms with Crippen LogP contribution in [0.25, 0.3) is 16.9 Å². The van der Waals surface area contributed by atoms with Gasteiger partial charge in [0, 0.05) is 36.8 Å². The molecule has 0 saturated heterocycles. The van der Waals surface area contributed by atoms with Crippen molar-refractivity contribution in [3.63, 3.8) is 0 Å². The van der Waals surface area contributed by atoms with Crippen LogP contribution in [-0.4, -0.2) is 32.0 Å². The van der Waals surface area contributed by atoms with E-state index in [4.69, 9.17) is 9.97 Å². The first-order chi connectivity index (χ1) is 17.1. The van der Waals surface area contributed by atoms with E-state index < -0.39 is 0 Å². The first-order valence-electron chi connectivity index (χ1n) is 11.4. The standard InChI is InChI=1S/C26H23N7OS/c1-17(34)28-20-6-8-21(9-7-20)29-24-23-25(33(16-27-23)22-11-13-35-15-22)31-26(30-24)32-12-10-18-4-2-3-5-19(18)14-32/h2-9,11,13,15-16H,10,12,14H2,1H3,(H,28,34)(H,29,30,31). The molecule has 4 heterocycles. The molecule has 0 fully saturated rings. The Kier molecular flexibility index (Phi) is 5.38. The SMILES string of the molecule is CC(=O)Nc1ccc(Nc2nc(N3CCc4ccccc4C3)nc3c2ncn3-c2ccsc2)cc1. The van der Waals surface area contributed by atoms with Crippen LogP contribution >= 0.6 is 11.3 Å². The van der Waals surface area contributed by atoms with Crippen LogP contribution in [0.15, 0.2) is 71.7 Å². The minimum Gasteiger partial charge on any atom is -0.338 e. The van der Waals surface area contributed by atoms with Gasteiger partial charge in [-0.05, 0) is 53.3 Å². The topological polar surface area (TPSA) is 88.0 Å². The van der Waals surface area contributed by atoms with Crippen LogP contribution < -0.4 is 15.5 Å². The van der Waals surface area contributed by atoms with Crippen molar-refractivity contribution in [1.29, 1.82) is 0 Å². The minimum absolute atomic E-state index is 0.102. The molecule has 174 valence electrons. The molecule has 9 heteroatoms. The largest absolute Gasteiger partial charge is 0.338 e. The number of imidazole rings is 1. The Labute approximate surface area is 206 Å². The molecule has 1 aliphatic rings. The summed E-state index contributed by atoms with van der Waals surface area (Å²) < 4.78 is 2.00. The van der Waals surface area contributed by atoms with Gasteiger partial charge in [-0.1, -0.05) is 24.3 Å². The number of rotatable bonds is 5. The molecule has 1 aliphatic heterocycles. The highest BCUT2D eigenvalue weighted by Gasteiger charge is 2.22. The second-order valence-electron chi connectivity index (χ2n) is 8.46. The number of hydrogen-bond acceptors (Lipinski definition) is 7. The van der Waals surface area contributed by atoms with Gasteiger partial charge in [-0.15, -0.1) is 0 Å². The van der Waals surface area contributed by atoms with Crippen LogP contribution in [0.4, 0.5) is 23.1 Å². The number of carbonyl (C=O) groups is 1. The third-order valence-electron chi connectivity index (χ3n) is 6.05. The number of nitrogens with one attached hydrogen (secondary N) is 2. The van der Waals surface area contributed by atoms with Crippen molar-refractivity contribution in [1.82, 2.24) is 19.5 Å². The fraction of sp³-hybridized carbons (Fsp3) is 0.154. The summed E-state index contributed by atoms with van der Waals surface area (Å²) in [5.74, 6) is 1.21. The molecule has 3 aromatic heterocycles. The smallest absolute Gasteiger partial charge is 0.229 e. The van der Waals surface area contributed by atoms with E-state index in [9.17, 15) is 4.79 Å². The second kappa shape index (κ2) is 8.84. The molecule has 0 unspecified atom stereocenters. The zero-order valence-electron chi connectivity index (χ0n) is 19.1. The monoisotopic (exact) mass is 481 g/mol. The number of benzene rings is 2. The molecular weight excluding hydrogens is 458 g/mol. The Morgan fingerprint density at radius 2 is 1.80 bits per heavy atom. The van der Waals surface area contributed by atoms with Crippen LogP contribution in [0.2, 0.25) is 0 Å². The summed E-state index contributed by atoms with van der Waals surface area (Å²) in [6, 6.07) is 18.1. The molecule has 1 amide bonds. The number of thiophene rings is 1.